The first kappa shape index (κ1) is 6.10. The molecule has 0 N–H and O–H groups in total. The van der Waals surface area contributed by atoms with E-state index in [4.69, 9.17) is 0 Å². The maximum absolute atomic E-state index is 2.12. The Labute approximate surface area is 50.7 Å². The van der Waals surface area contributed by atoms with Crippen LogP contribution in [-0.2, 0) is 19.5 Å². The summed E-state index contributed by atoms with van der Waals surface area (Å²) in [6.07, 6.45) is 9.50. The van der Waals surface area contributed by atoms with Gasteiger partial charge in [-0.15, -0.1) is 0 Å². The minimum Gasteiger partial charge on any atom is -0.0808 e. The van der Waals surface area contributed by atoms with Crippen molar-refractivity contribution in [3.63, 3.8) is 0 Å². The van der Waals surface area contributed by atoms with Crippen LogP contribution in [0.1, 0.15) is 6.42 Å². The smallest absolute Gasteiger partial charge is 0 e. The van der Waals surface area contributed by atoms with Crippen LogP contribution in [0.5, 0.6) is 0 Å². The molecule has 28 valence electrons. The Morgan fingerprint density at radius 1 is 1.00 bits per heavy atom. The van der Waals surface area contributed by atoms with Gasteiger partial charge in [0.15, 0.2) is 0 Å². The van der Waals surface area contributed by atoms with E-state index in [-0.39, 0.29) is 19.5 Å². The molecule has 0 nitrogen and oxygen atoms in total. The van der Waals surface area contributed by atoms with Crippen LogP contribution in [0.4, 0.5) is 0 Å². The molecule has 6 heavy (non-hydrogen) atoms. The average Bonchev–Trinajstić information content (AvgIpc) is 1.76. The topological polar surface area (TPSA) is 0 Å². The molecular formula is C5H6Zn. The van der Waals surface area contributed by atoms with Crippen molar-refractivity contribution in [1.82, 2.24) is 0 Å². The summed E-state index contributed by atoms with van der Waals surface area (Å²) in [5.41, 5.74) is 0. The van der Waals surface area contributed by atoms with Crippen molar-refractivity contribution >= 4 is 0 Å². The largest absolute Gasteiger partial charge is 0.0808 e. The molecule has 0 saturated carbocycles. The number of rotatable bonds is 0. The van der Waals surface area contributed by atoms with Crippen molar-refractivity contribution in [2.75, 3.05) is 0 Å². The molecule has 0 atom stereocenters. The van der Waals surface area contributed by atoms with Crippen LogP contribution in [0.2, 0.25) is 0 Å². The molecule has 0 spiro atoms. The molecule has 1 aliphatic carbocycles. The molecular weight excluding hydrogens is 125 g/mol. The van der Waals surface area contributed by atoms with Gasteiger partial charge >= 0.3 is 0 Å². The van der Waals surface area contributed by atoms with Gasteiger partial charge in [0.1, 0.15) is 0 Å². The Kier molecular flexibility index (Phi) is 3.36. The van der Waals surface area contributed by atoms with E-state index in [1.165, 1.54) is 0 Å². The minimum atomic E-state index is 0. The standard InChI is InChI=1S/C5H6.Zn/c1-2-4-5-3-1;/h1-4H,5H2;. The molecule has 1 aliphatic rings. The molecule has 0 aromatic heterocycles. The molecule has 0 aromatic carbocycles. The van der Waals surface area contributed by atoms with Crippen LogP contribution in [0, 0.1) is 0 Å². The van der Waals surface area contributed by atoms with Crippen molar-refractivity contribution in [2.45, 2.75) is 6.42 Å². The average molecular weight is 131 g/mol. The van der Waals surface area contributed by atoms with E-state index >= 15 is 0 Å². The van der Waals surface area contributed by atoms with E-state index in [1.807, 2.05) is 0 Å². The molecule has 0 amide bonds. The van der Waals surface area contributed by atoms with Gasteiger partial charge in [0, 0.05) is 19.5 Å². The third-order valence-corrected chi connectivity index (χ3v) is 0.655. The van der Waals surface area contributed by atoms with Crippen LogP contribution in [0.15, 0.2) is 24.3 Å². The Bertz CT molecular complexity index is 62.0. The van der Waals surface area contributed by atoms with Crippen molar-refractivity contribution in [3.05, 3.63) is 24.3 Å². The Balaban J connectivity index is 0.000000250. The van der Waals surface area contributed by atoms with E-state index in [0.717, 1.165) is 6.42 Å². The second-order valence-electron chi connectivity index (χ2n) is 1.09. The van der Waals surface area contributed by atoms with Crippen molar-refractivity contribution in [1.29, 1.82) is 0 Å². The molecule has 0 aliphatic heterocycles. The van der Waals surface area contributed by atoms with Crippen LogP contribution in [0.25, 0.3) is 0 Å². The molecule has 0 heterocycles. The predicted molar refractivity (Wildman–Crippen MR) is 22.9 cm³/mol. The van der Waals surface area contributed by atoms with Crippen LogP contribution in [0.3, 0.4) is 0 Å². The first-order valence-corrected chi connectivity index (χ1v) is 1.82. The fourth-order valence-corrected chi connectivity index (χ4v) is 0.393. The normalized spacial score (nSPS) is 14.7. The Hall–Kier alpha value is 0.103. The summed E-state index contributed by atoms with van der Waals surface area (Å²) in [6.45, 7) is 0. The van der Waals surface area contributed by atoms with Crippen LogP contribution < -0.4 is 0 Å². The third kappa shape index (κ3) is 1.52. The van der Waals surface area contributed by atoms with Gasteiger partial charge in [-0.25, -0.2) is 0 Å². The van der Waals surface area contributed by atoms with Gasteiger partial charge in [-0.05, 0) is 6.42 Å². The summed E-state index contributed by atoms with van der Waals surface area (Å²) in [5.74, 6) is 0. The summed E-state index contributed by atoms with van der Waals surface area (Å²) in [7, 11) is 0. The van der Waals surface area contributed by atoms with Crippen molar-refractivity contribution in [2.24, 2.45) is 0 Å². The Morgan fingerprint density at radius 3 is 1.67 bits per heavy atom. The Morgan fingerprint density at radius 2 is 1.50 bits per heavy atom. The second kappa shape index (κ2) is 3.30. The first-order valence-electron chi connectivity index (χ1n) is 1.82. The van der Waals surface area contributed by atoms with Crippen molar-refractivity contribution in [3.8, 4) is 0 Å². The monoisotopic (exact) mass is 130 g/mol. The number of hydrogen-bond donors (Lipinski definition) is 0. The SMILES string of the molecule is C1=CCC=C1.[Zn]. The predicted octanol–water partition coefficient (Wildman–Crippen LogP) is 1.50. The maximum Gasteiger partial charge on any atom is 0 e. The summed E-state index contributed by atoms with van der Waals surface area (Å²) in [6, 6.07) is 0. The van der Waals surface area contributed by atoms with Gasteiger partial charge in [0.2, 0.25) is 0 Å². The van der Waals surface area contributed by atoms with Gasteiger partial charge < -0.3 is 0 Å². The zero-order valence-corrected chi connectivity index (χ0v) is 6.69. The van der Waals surface area contributed by atoms with E-state index < -0.39 is 0 Å². The van der Waals surface area contributed by atoms with Crippen LogP contribution in [-0.4, -0.2) is 0 Å². The molecule has 0 saturated heterocycles. The second-order valence-corrected chi connectivity index (χ2v) is 1.09. The molecule has 0 radical (unpaired) electrons. The van der Waals surface area contributed by atoms with Gasteiger partial charge in [-0.1, -0.05) is 24.3 Å². The summed E-state index contributed by atoms with van der Waals surface area (Å²) < 4.78 is 0. The molecule has 1 rings (SSSR count). The van der Waals surface area contributed by atoms with Gasteiger partial charge in [0.05, 0.1) is 0 Å². The van der Waals surface area contributed by atoms with E-state index in [2.05, 4.69) is 24.3 Å². The zero-order valence-electron chi connectivity index (χ0n) is 3.72. The summed E-state index contributed by atoms with van der Waals surface area (Å²) in [4.78, 5) is 0. The van der Waals surface area contributed by atoms with E-state index in [9.17, 15) is 0 Å². The van der Waals surface area contributed by atoms with Crippen molar-refractivity contribution < 1.29 is 19.5 Å². The molecule has 0 bridgehead atoms. The molecule has 0 unspecified atom stereocenters. The van der Waals surface area contributed by atoms with Gasteiger partial charge in [0.25, 0.3) is 0 Å². The molecule has 1 heteroatoms. The first-order chi connectivity index (χ1) is 2.50. The maximum atomic E-state index is 2.12. The minimum absolute atomic E-state index is 0. The molecule has 0 fully saturated rings. The fourth-order valence-electron chi connectivity index (χ4n) is 0.393. The fraction of sp³-hybridized carbons (Fsp3) is 0.200. The number of hydrogen-bond acceptors (Lipinski definition) is 0. The van der Waals surface area contributed by atoms with E-state index in [1.54, 1.807) is 0 Å². The van der Waals surface area contributed by atoms with Gasteiger partial charge in [-0.3, -0.25) is 0 Å². The van der Waals surface area contributed by atoms with Crippen LogP contribution >= 0.6 is 0 Å². The van der Waals surface area contributed by atoms with Gasteiger partial charge in [-0.2, -0.15) is 0 Å². The molecule has 0 aromatic rings. The van der Waals surface area contributed by atoms with E-state index in [0.29, 0.717) is 0 Å². The number of allylic oxidation sites excluding steroid dienone is 4. The summed E-state index contributed by atoms with van der Waals surface area (Å²) >= 11 is 0. The zero-order chi connectivity index (χ0) is 3.54. The summed E-state index contributed by atoms with van der Waals surface area (Å²) in [5, 5.41) is 0. The third-order valence-electron chi connectivity index (χ3n) is 0.655. The quantitative estimate of drug-likeness (QED) is 0.437.